The second-order valence-electron chi connectivity index (χ2n) is 6.87. The third-order valence-corrected chi connectivity index (χ3v) is 5.10. The fourth-order valence-electron chi connectivity index (χ4n) is 3.65. The fourth-order valence-corrected chi connectivity index (χ4v) is 3.65. The van der Waals surface area contributed by atoms with Crippen LogP contribution in [0.5, 0.6) is 0 Å². The van der Waals surface area contributed by atoms with E-state index in [4.69, 9.17) is 5.73 Å². The minimum absolute atomic E-state index is 0.0813. The predicted octanol–water partition coefficient (Wildman–Crippen LogP) is 2.61. The van der Waals surface area contributed by atoms with E-state index in [2.05, 4.69) is 4.98 Å². The Morgan fingerprint density at radius 1 is 0.926 bits per heavy atom. The lowest BCUT2D eigenvalue weighted by molar-refractivity contribution is 0.0787. The van der Waals surface area contributed by atoms with Crippen molar-refractivity contribution in [3.8, 4) is 11.3 Å². The van der Waals surface area contributed by atoms with Crippen LogP contribution >= 0.6 is 0 Å². The number of rotatable bonds is 3. The highest BCUT2D eigenvalue weighted by atomic mass is 16.2. The molecular formula is C22H21N3O2. The standard InChI is InChI=1S/C22H21N3O2/c23-19-14-25(13-18(19)15-7-3-1-4-8-15)22(27)17-11-12-20(24-21(17)26)16-9-5-2-6-10-16/h1-12,18-19H,13-14,23H2,(H,24,26)/t18-,19+/m0/s1. The van der Waals surface area contributed by atoms with Crippen molar-refractivity contribution in [2.45, 2.75) is 12.0 Å². The number of hydrogen-bond donors (Lipinski definition) is 2. The number of carbonyl (C=O) groups is 1. The number of H-pyrrole nitrogens is 1. The lowest BCUT2D eigenvalue weighted by atomic mass is 9.95. The Bertz CT molecular complexity index is 999. The summed E-state index contributed by atoms with van der Waals surface area (Å²) in [6.45, 7) is 0.960. The van der Waals surface area contributed by atoms with Gasteiger partial charge in [0.15, 0.2) is 0 Å². The molecule has 1 amide bonds. The maximum Gasteiger partial charge on any atom is 0.261 e. The molecule has 136 valence electrons. The zero-order chi connectivity index (χ0) is 18.8. The van der Waals surface area contributed by atoms with Crippen molar-refractivity contribution in [2.75, 3.05) is 13.1 Å². The van der Waals surface area contributed by atoms with Crippen molar-refractivity contribution >= 4 is 5.91 Å². The molecular weight excluding hydrogens is 338 g/mol. The topological polar surface area (TPSA) is 79.2 Å². The molecule has 0 aliphatic carbocycles. The Morgan fingerprint density at radius 3 is 2.26 bits per heavy atom. The summed E-state index contributed by atoms with van der Waals surface area (Å²) in [5.74, 6) is -0.192. The number of benzene rings is 2. The highest BCUT2D eigenvalue weighted by molar-refractivity contribution is 5.94. The molecule has 3 aromatic rings. The Labute approximate surface area is 157 Å². The lowest BCUT2D eigenvalue weighted by Crippen LogP contribution is -2.35. The first-order chi connectivity index (χ1) is 13.1. The number of aromatic nitrogens is 1. The third kappa shape index (κ3) is 3.41. The molecule has 1 aliphatic heterocycles. The van der Waals surface area contributed by atoms with Crippen LogP contribution in [-0.4, -0.2) is 34.9 Å². The number of amides is 1. The molecule has 0 saturated carbocycles. The second kappa shape index (κ2) is 7.21. The quantitative estimate of drug-likeness (QED) is 0.754. The van der Waals surface area contributed by atoms with E-state index in [1.54, 1.807) is 17.0 Å². The van der Waals surface area contributed by atoms with Gasteiger partial charge in [0.25, 0.3) is 11.5 Å². The predicted molar refractivity (Wildman–Crippen MR) is 106 cm³/mol. The molecule has 2 atom stereocenters. The average Bonchev–Trinajstić information content (AvgIpc) is 3.10. The van der Waals surface area contributed by atoms with Gasteiger partial charge in [-0.1, -0.05) is 60.7 Å². The third-order valence-electron chi connectivity index (χ3n) is 5.10. The summed E-state index contributed by atoms with van der Waals surface area (Å²) >= 11 is 0. The van der Waals surface area contributed by atoms with Crippen molar-refractivity contribution < 1.29 is 4.79 Å². The van der Waals surface area contributed by atoms with Crippen LogP contribution in [0, 0.1) is 0 Å². The first-order valence-corrected chi connectivity index (χ1v) is 9.02. The van der Waals surface area contributed by atoms with E-state index in [0.717, 1.165) is 11.1 Å². The van der Waals surface area contributed by atoms with E-state index in [-0.39, 0.29) is 29.0 Å². The van der Waals surface area contributed by atoms with Gasteiger partial charge in [0.2, 0.25) is 0 Å². The normalized spacial score (nSPS) is 19.2. The number of carbonyl (C=O) groups excluding carboxylic acids is 1. The molecule has 2 heterocycles. The van der Waals surface area contributed by atoms with Gasteiger partial charge in [-0.3, -0.25) is 9.59 Å². The number of nitrogens with two attached hydrogens (primary N) is 1. The van der Waals surface area contributed by atoms with Gasteiger partial charge in [0.05, 0.1) is 0 Å². The zero-order valence-corrected chi connectivity index (χ0v) is 14.8. The molecule has 5 nitrogen and oxygen atoms in total. The molecule has 1 fully saturated rings. The van der Waals surface area contributed by atoms with Crippen LogP contribution in [0.25, 0.3) is 11.3 Å². The van der Waals surface area contributed by atoms with Crippen molar-refractivity contribution in [1.82, 2.24) is 9.88 Å². The maximum atomic E-state index is 12.9. The summed E-state index contributed by atoms with van der Waals surface area (Å²) in [6, 6.07) is 22.7. The van der Waals surface area contributed by atoms with Gasteiger partial charge < -0.3 is 15.6 Å². The molecule has 27 heavy (non-hydrogen) atoms. The van der Waals surface area contributed by atoms with Gasteiger partial charge in [0.1, 0.15) is 5.56 Å². The van der Waals surface area contributed by atoms with Crippen LogP contribution < -0.4 is 11.3 Å². The van der Waals surface area contributed by atoms with Crippen LogP contribution in [0.2, 0.25) is 0 Å². The Hall–Kier alpha value is -3.18. The maximum absolute atomic E-state index is 12.9. The van der Waals surface area contributed by atoms with Gasteiger partial charge in [-0.05, 0) is 23.3 Å². The van der Waals surface area contributed by atoms with E-state index >= 15 is 0 Å². The molecule has 4 rings (SSSR count). The van der Waals surface area contributed by atoms with E-state index in [0.29, 0.717) is 18.8 Å². The molecule has 3 N–H and O–H groups in total. The van der Waals surface area contributed by atoms with Gasteiger partial charge in [-0.2, -0.15) is 0 Å². The number of hydrogen-bond acceptors (Lipinski definition) is 3. The van der Waals surface area contributed by atoms with Crippen molar-refractivity contribution in [1.29, 1.82) is 0 Å². The molecule has 5 heteroatoms. The van der Waals surface area contributed by atoms with Gasteiger partial charge in [0, 0.05) is 30.7 Å². The number of nitrogens with one attached hydrogen (secondary N) is 1. The van der Waals surface area contributed by atoms with Crippen LogP contribution in [0.4, 0.5) is 0 Å². The van der Waals surface area contributed by atoms with Crippen molar-refractivity contribution in [2.24, 2.45) is 5.73 Å². The molecule has 0 spiro atoms. The van der Waals surface area contributed by atoms with Crippen LogP contribution in [0.15, 0.2) is 77.6 Å². The summed E-state index contributed by atoms with van der Waals surface area (Å²) < 4.78 is 0. The van der Waals surface area contributed by atoms with Gasteiger partial charge in [-0.15, -0.1) is 0 Å². The number of likely N-dealkylation sites (tertiary alicyclic amines) is 1. The van der Waals surface area contributed by atoms with E-state index in [1.165, 1.54) is 0 Å². The van der Waals surface area contributed by atoms with Gasteiger partial charge >= 0.3 is 0 Å². The van der Waals surface area contributed by atoms with E-state index in [1.807, 2.05) is 60.7 Å². The summed E-state index contributed by atoms with van der Waals surface area (Å²) in [5, 5.41) is 0. The molecule has 0 bridgehead atoms. The Balaban J connectivity index is 1.56. The number of aromatic amines is 1. The molecule has 2 aromatic carbocycles. The Kier molecular flexibility index (Phi) is 4.60. The minimum atomic E-state index is -0.377. The SMILES string of the molecule is N[C@@H]1CN(C(=O)c2ccc(-c3ccccc3)[nH]c2=O)C[C@H]1c1ccccc1. The number of nitrogens with zero attached hydrogens (tertiary/aromatic N) is 1. The smallest absolute Gasteiger partial charge is 0.261 e. The fraction of sp³-hybridized carbons (Fsp3) is 0.182. The second-order valence-corrected chi connectivity index (χ2v) is 6.87. The summed E-state index contributed by atoms with van der Waals surface area (Å²) in [4.78, 5) is 29.9. The molecule has 0 radical (unpaired) electrons. The minimum Gasteiger partial charge on any atom is -0.336 e. The highest BCUT2D eigenvalue weighted by Crippen LogP contribution is 2.27. The van der Waals surface area contributed by atoms with Crippen LogP contribution in [-0.2, 0) is 0 Å². The van der Waals surface area contributed by atoms with E-state index < -0.39 is 0 Å². The van der Waals surface area contributed by atoms with Crippen LogP contribution in [0.1, 0.15) is 21.8 Å². The average molecular weight is 359 g/mol. The van der Waals surface area contributed by atoms with E-state index in [9.17, 15) is 9.59 Å². The monoisotopic (exact) mass is 359 g/mol. The highest BCUT2D eigenvalue weighted by Gasteiger charge is 2.34. The molecule has 1 saturated heterocycles. The lowest BCUT2D eigenvalue weighted by Gasteiger charge is -2.16. The summed E-state index contributed by atoms with van der Waals surface area (Å²) in [7, 11) is 0. The molecule has 0 unspecified atom stereocenters. The van der Waals surface area contributed by atoms with Gasteiger partial charge in [-0.25, -0.2) is 0 Å². The molecule has 1 aliphatic rings. The van der Waals surface area contributed by atoms with Crippen LogP contribution in [0.3, 0.4) is 0 Å². The first kappa shape index (κ1) is 17.2. The van der Waals surface area contributed by atoms with Crippen molar-refractivity contribution in [3.63, 3.8) is 0 Å². The summed E-state index contributed by atoms with van der Waals surface area (Å²) in [6.07, 6.45) is 0. The largest absolute Gasteiger partial charge is 0.336 e. The molecule has 1 aromatic heterocycles. The number of pyridine rings is 1. The summed E-state index contributed by atoms with van der Waals surface area (Å²) in [5.41, 5.74) is 8.76. The Morgan fingerprint density at radius 2 is 1.59 bits per heavy atom. The zero-order valence-electron chi connectivity index (χ0n) is 14.8. The first-order valence-electron chi connectivity index (χ1n) is 9.02. The van der Waals surface area contributed by atoms with Crippen molar-refractivity contribution in [3.05, 3.63) is 94.3 Å².